The van der Waals surface area contributed by atoms with Gasteiger partial charge >= 0.3 is 5.97 Å². The highest BCUT2D eigenvalue weighted by Crippen LogP contribution is 2.28. The maximum Gasteiger partial charge on any atom is 0.310 e. The van der Waals surface area contributed by atoms with Gasteiger partial charge in [0.25, 0.3) is 0 Å². The van der Waals surface area contributed by atoms with Gasteiger partial charge in [0.2, 0.25) is 0 Å². The molecule has 1 aliphatic rings. The predicted molar refractivity (Wildman–Crippen MR) is 73.0 cm³/mol. The summed E-state index contributed by atoms with van der Waals surface area (Å²) in [6.45, 7) is 4.30. The summed E-state index contributed by atoms with van der Waals surface area (Å²) in [5.41, 5.74) is 1.45. The molecule has 1 aromatic carbocycles. The predicted octanol–water partition coefficient (Wildman–Crippen LogP) is 2.23. The molecule has 0 radical (unpaired) electrons. The van der Waals surface area contributed by atoms with Gasteiger partial charge in [-0.05, 0) is 38.1 Å². The van der Waals surface area contributed by atoms with Crippen LogP contribution in [0.5, 0.6) is 0 Å². The fraction of sp³-hybridized carbons (Fsp3) is 0.533. The lowest BCUT2D eigenvalue weighted by Gasteiger charge is -2.32. The quantitative estimate of drug-likeness (QED) is 0.919. The van der Waals surface area contributed by atoms with Crippen LogP contribution in [-0.2, 0) is 9.53 Å². The molecular weight excluding hydrogens is 261 g/mol. The molecule has 1 fully saturated rings. The summed E-state index contributed by atoms with van der Waals surface area (Å²) in [4.78, 5) is 13.2. The van der Waals surface area contributed by atoms with Crippen LogP contribution in [-0.4, -0.2) is 42.3 Å². The number of nitrogens with zero attached hydrogens (tertiary/aromatic N) is 1. The Morgan fingerprint density at radius 1 is 1.50 bits per heavy atom. The number of hydrogen-bond donors (Lipinski definition) is 1. The van der Waals surface area contributed by atoms with Crippen LogP contribution in [0, 0.1) is 18.7 Å². The van der Waals surface area contributed by atoms with Crippen molar-refractivity contribution in [3.8, 4) is 0 Å². The van der Waals surface area contributed by atoms with Crippen molar-refractivity contribution in [2.75, 3.05) is 20.3 Å². The highest BCUT2D eigenvalue weighted by molar-refractivity contribution is 5.71. The third-order valence-electron chi connectivity index (χ3n) is 4.18. The van der Waals surface area contributed by atoms with Crippen molar-refractivity contribution in [2.24, 2.45) is 5.92 Å². The van der Waals surface area contributed by atoms with E-state index in [1.54, 1.807) is 13.0 Å². The van der Waals surface area contributed by atoms with Crippen LogP contribution in [0.25, 0.3) is 0 Å². The zero-order valence-corrected chi connectivity index (χ0v) is 12.0. The van der Waals surface area contributed by atoms with Crippen LogP contribution in [0.1, 0.15) is 24.1 Å². The molecule has 1 aliphatic heterocycles. The summed E-state index contributed by atoms with van der Waals surface area (Å²) in [6.07, 6.45) is 0. The van der Waals surface area contributed by atoms with E-state index in [2.05, 4.69) is 0 Å². The second-order valence-corrected chi connectivity index (χ2v) is 5.40. The molecule has 110 valence electrons. The lowest BCUT2D eigenvalue weighted by atomic mass is 9.98. The molecule has 5 heteroatoms. The lowest BCUT2D eigenvalue weighted by Crippen LogP contribution is -2.42. The van der Waals surface area contributed by atoms with Gasteiger partial charge in [-0.15, -0.1) is 0 Å². The largest absolute Gasteiger partial charge is 0.481 e. The number of aryl methyl sites for hydroxylation is 1. The average Bonchev–Trinajstić information content (AvgIpc) is 2.89. The Hall–Kier alpha value is -1.46. The molecule has 0 saturated carbocycles. The SMILES string of the molecule is Cc1ccc(C(C)N(C)C2COCC2C(=O)O)cc1F. The van der Waals surface area contributed by atoms with E-state index < -0.39 is 11.9 Å². The minimum atomic E-state index is -0.846. The highest BCUT2D eigenvalue weighted by atomic mass is 19.1. The molecule has 0 bridgehead atoms. The first kappa shape index (κ1) is 14.9. The van der Waals surface area contributed by atoms with E-state index in [1.807, 2.05) is 24.9 Å². The summed E-state index contributed by atoms with van der Waals surface area (Å²) in [5, 5.41) is 9.20. The summed E-state index contributed by atoms with van der Waals surface area (Å²) in [6, 6.07) is 4.88. The number of aliphatic carboxylic acids is 1. The van der Waals surface area contributed by atoms with Crippen molar-refractivity contribution in [3.63, 3.8) is 0 Å². The number of hydrogen-bond acceptors (Lipinski definition) is 3. The van der Waals surface area contributed by atoms with Gasteiger partial charge in [0.1, 0.15) is 5.82 Å². The Bertz CT molecular complexity index is 506. The first-order valence-corrected chi connectivity index (χ1v) is 6.70. The van der Waals surface area contributed by atoms with E-state index >= 15 is 0 Å². The van der Waals surface area contributed by atoms with Crippen LogP contribution in [0.3, 0.4) is 0 Å². The third-order valence-corrected chi connectivity index (χ3v) is 4.18. The van der Waals surface area contributed by atoms with E-state index in [1.165, 1.54) is 6.07 Å². The van der Waals surface area contributed by atoms with Gasteiger partial charge in [0.05, 0.1) is 19.1 Å². The van der Waals surface area contributed by atoms with Crippen LogP contribution in [0.2, 0.25) is 0 Å². The molecule has 1 heterocycles. The van der Waals surface area contributed by atoms with Crippen LogP contribution in [0.4, 0.5) is 4.39 Å². The first-order valence-electron chi connectivity index (χ1n) is 6.70. The number of likely N-dealkylation sites (N-methyl/N-ethyl adjacent to an activating group) is 1. The number of halogens is 1. The van der Waals surface area contributed by atoms with E-state index in [4.69, 9.17) is 4.74 Å². The van der Waals surface area contributed by atoms with Gasteiger partial charge < -0.3 is 9.84 Å². The molecule has 2 rings (SSSR count). The molecule has 20 heavy (non-hydrogen) atoms. The number of benzene rings is 1. The van der Waals surface area contributed by atoms with E-state index in [0.29, 0.717) is 12.2 Å². The second-order valence-electron chi connectivity index (χ2n) is 5.40. The molecule has 0 aromatic heterocycles. The lowest BCUT2D eigenvalue weighted by molar-refractivity contribution is -0.143. The molecule has 0 aliphatic carbocycles. The Kier molecular flexibility index (Phi) is 4.40. The van der Waals surface area contributed by atoms with Gasteiger partial charge in [-0.1, -0.05) is 12.1 Å². The summed E-state index contributed by atoms with van der Waals surface area (Å²) >= 11 is 0. The molecule has 0 spiro atoms. The standard InChI is InChI=1S/C15H20FNO3/c1-9-4-5-11(6-13(9)16)10(2)17(3)14-8-20-7-12(14)15(18)19/h4-6,10,12,14H,7-8H2,1-3H3,(H,18,19). The van der Waals surface area contributed by atoms with Crippen LogP contribution in [0.15, 0.2) is 18.2 Å². The van der Waals surface area contributed by atoms with Gasteiger partial charge in [-0.2, -0.15) is 0 Å². The van der Waals surface area contributed by atoms with Gasteiger partial charge in [0.15, 0.2) is 0 Å². The third kappa shape index (κ3) is 2.83. The molecule has 0 amide bonds. The molecule has 4 nitrogen and oxygen atoms in total. The average molecular weight is 281 g/mol. The molecule has 3 unspecified atom stereocenters. The molecule has 1 N–H and O–H groups in total. The number of ether oxygens (including phenoxy) is 1. The Morgan fingerprint density at radius 3 is 2.80 bits per heavy atom. The van der Waals surface area contributed by atoms with Gasteiger partial charge in [-0.3, -0.25) is 9.69 Å². The molecule has 3 atom stereocenters. The number of carboxylic acid groups (broad SMARTS) is 1. The number of rotatable bonds is 4. The summed E-state index contributed by atoms with van der Waals surface area (Å²) in [5.74, 6) is -1.61. The fourth-order valence-electron chi connectivity index (χ4n) is 2.57. The second kappa shape index (κ2) is 5.89. The van der Waals surface area contributed by atoms with Gasteiger partial charge in [0, 0.05) is 12.1 Å². The zero-order valence-electron chi connectivity index (χ0n) is 12.0. The zero-order chi connectivity index (χ0) is 14.9. The topological polar surface area (TPSA) is 49.8 Å². The van der Waals surface area contributed by atoms with Crippen molar-refractivity contribution in [1.82, 2.24) is 4.90 Å². The van der Waals surface area contributed by atoms with Crippen molar-refractivity contribution in [2.45, 2.75) is 25.9 Å². The first-order chi connectivity index (χ1) is 9.41. The monoisotopic (exact) mass is 281 g/mol. The maximum absolute atomic E-state index is 13.6. The summed E-state index contributed by atoms with van der Waals surface area (Å²) in [7, 11) is 1.86. The Labute approximate surface area is 118 Å². The fourth-order valence-corrected chi connectivity index (χ4v) is 2.57. The van der Waals surface area contributed by atoms with Crippen molar-refractivity contribution in [1.29, 1.82) is 0 Å². The number of carboxylic acids is 1. The number of carbonyl (C=O) groups is 1. The summed E-state index contributed by atoms with van der Waals surface area (Å²) < 4.78 is 18.9. The van der Waals surface area contributed by atoms with Gasteiger partial charge in [-0.25, -0.2) is 4.39 Å². The van der Waals surface area contributed by atoms with Crippen LogP contribution >= 0.6 is 0 Å². The van der Waals surface area contributed by atoms with Crippen molar-refractivity contribution in [3.05, 3.63) is 35.1 Å². The van der Waals surface area contributed by atoms with Crippen molar-refractivity contribution < 1.29 is 19.0 Å². The highest BCUT2D eigenvalue weighted by Gasteiger charge is 2.38. The Balaban J connectivity index is 2.17. The van der Waals surface area contributed by atoms with E-state index in [9.17, 15) is 14.3 Å². The molecule has 1 aromatic rings. The van der Waals surface area contributed by atoms with Crippen molar-refractivity contribution >= 4 is 5.97 Å². The smallest absolute Gasteiger partial charge is 0.310 e. The minimum Gasteiger partial charge on any atom is -0.481 e. The maximum atomic E-state index is 13.6. The molecule has 1 saturated heterocycles. The minimum absolute atomic E-state index is 0.0707. The van der Waals surface area contributed by atoms with E-state index in [0.717, 1.165) is 5.56 Å². The van der Waals surface area contributed by atoms with E-state index in [-0.39, 0.29) is 24.5 Å². The Morgan fingerprint density at radius 2 is 2.20 bits per heavy atom. The van der Waals surface area contributed by atoms with Crippen LogP contribution < -0.4 is 0 Å². The molecular formula is C15H20FNO3. The normalized spacial score (nSPS) is 24.1.